The molecule has 2 aromatic rings. The van der Waals surface area contributed by atoms with Gasteiger partial charge in [-0.2, -0.15) is 0 Å². The van der Waals surface area contributed by atoms with Gasteiger partial charge in [0.1, 0.15) is 0 Å². The molecule has 6 nitrogen and oxygen atoms in total. The van der Waals surface area contributed by atoms with Crippen LogP contribution in [0.5, 0.6) is 0 Å². The lowest BCUT2D eigenvalue weighted by Crippen LogP contribution is -2.36. The van der Waals surface area contributed by atoms with Crippen molar-refractivity contribution in [2.24, 2.45) is 5.73 Å². The van der Waals surface area contributed by atoms with Crippen LogP contribution in [0.25, 0.3) is 0 Å². The van der Waals surface area contributed by atoms with Crippen LogP contribution < -0.4 is 21.7 Å². The number of carbonyl (C=O) groups is 2. The van der Waals surface area contributed by atoms with Crippen LogP contribution in [-0.2, 0) is 24.4 Å². The summed E-state index contributed by atoms with van der Waals surface area (Å²) in [4.78, 5) is 24.3. The Morgan fingerprint density at radius 2 is 2.08 bits per heavy atom. The first-order chi connectivity index (χ1) is 11.6. The summed E-state index contributed by atoms with van der Waals surface area (Å²) in [5, 5.41) is 10.7. The number of amides is 3. The van der Waals surface area contributed by atoms with Gasteiger partial charge in [-0.05, 0) is 28.1 Å². The summed E-state index contributed by atoms with van der Waals surface area (Å²) in [6.07, 6.45) is 0.163. The molecule has 1 atom stereocenters. The molecule has 0 fully saturated rings. The first-order valence-electron chi connectivity index (χ1n) is 7.79. The fourth-order valence-corrected chi connectivity index (χ4v) is 3.58. The highest BCUT2D eigenvalue weighted by atomic mass is 32.1. The van der Waals surface area contributed by atoms with E-state index in [2.05, 4.69) is 28.1 Å². The van der Waals surface area contributed by atoms with Crippen molar-refractivity contribution in [3.8, 4) is 0 Å². The number of urea groups is 1. The minimum atomic E-state index is -0.632. The van der Waals surface area contributed by atoms with Crippen molar-refractivity contribution in [1.29, 1.82) is 0 Å². The van der Waals surface area contributed by atoms with E-state index >= 15 is 0 Å². The second-order valence-electron chi connectivity index (χ2n) is 5.76. The molecular formula is C17H20N4O2S. The summed E-state index contributed by atoms with van der Waals surface area (Å²) < 4.78 is 0. The van der Waals surface area contributed by atoms with E-state index in [1.807, 2.05) is 23.6 Å². The molecule has 0 radical (unpaired) electrons. The molecule has 0 bridgehead atoms. The van der Waals surface area contributed by atoms with Gasteiger partial charge in [-0.1, -0.05) is 24.3 Å². The predicted molar refractivity (Wildman–Crippen MR) is 93.2 cm³/mol. The number of fused-ring (bicyclic) bond motifs is 1. The SMILES string of the molecule is NC(=O)NC(CC(=O)NCc1ccc2c(c1)CNC2)c1cccs1. The van der Waals surface area contributed by atoms with Crippen LogP contribution in [0.4, 0.5) is 4.79 Å². The van der Waals surface area contributed by atoms with Crippen LogP contribution in [0.3, 0.4) is 0 Å². The van der Waals surface area contributed by atoms with Gasteiger partial charge in [0.2, 0.25) is 5.91 Å². The molecule has 2 heterocycles. The maximum atomic E-state index is 12.2. The molecule has 126 valence electrons. The molecule has 3 rings (SSSR count). The minimum Gasteiger partial charge on any atom is -0.352 e. The zero-order chi connectivity index (χ0) is 16.9. The van der Waals surface area contributed by atoms with Crippen LogP contribution in [-0.4, -0.2) is 11.9 Å². The van der Waals surface area contributed by atoms with Crippen molar-refractivity contribution in [3.63, 3.8) is 0 Å². The third-order valence-corrected chi connectivity index (χ3v) is 4.97. The van der Waals surface area contributed by atoms with Crippen LogP contribution in [0.1, 0.15) is 34.0 Å². The number of primary amides is 1. The van der Waals surface area contributed by atoms with Gasteiger partial charge in [-0.25, -0.2) is 4.79 Å². The minimum absolute atomic E-state index is 0.124. The Morgan fingerprint density at radius 3 is 2.83 bits per heavy atom. The molecule has 0 spiro atoms. The molecule has 7 heteroatoms. The number of nitrogens with two attached hydrogens (primary N) is 1. The standard InChI is InChI=1S/C17H20N4O2S/c18-17(23)21-14(15-2-1-5-24-15)7-16(22)20-8-11-3-4-12-9-19-10-13(12)6-11/h1-6,14,19H,7-10H2,(H,20,22)(H3,18,21,23). The maximum Gasteiger partial charge on any atom is 0.312 e. The molecule has 0 saturated carbocycles. The highest BCUT2D eigenvalue weighted by Gasteiger charge is 2.18. The van der Waals surface area contributed by atoms with Crippen molar-refractivity contribution in [1.82, 2.24) is 16.0 Å². The molecular weight excluding hydrogens is 324 g/mol. The van der Waals surface area contributed by atoms with E-state index in [4.69, 9.17) is 5.73 Å². The number of hydrogen-bond acceptors (Lipinski definition) is 4. The zero-order valence-electron chi connectivity index (χ0n) is 13.2. The Bertz CT molecular complexity index is 730. The normalized spacial score (nSPS) is 14.0. The van der Waals surface area contributed by atoms with Crippen molar-refractivity contribution in [2.75, 3.05) is 0 Å². The average molecular weight is 344 g/mol. The second-order valence-corrected chi connectivity index (χ2v) is 6.74. The second kappa shape index (κ2) is 7.46. The molecule has 1 aliphatic heterocycles. The number of benzene rings is 1. The molecule has 24 heavy (non-hydrogen) atoms. The summed E-state index contributed by atoms with van der Waals surface area (Å²) in [6.45, 7) is 2.25. The molecule has 1 aliphatic rings. The van der Waals surface area contributed by atoms with Crippen molar-refractivity contribution in [3.05, 3.63) is 57.3 Å². The van der Waals surface area contributed by atoms with Crippen LogP contribution in [0.2, 0.25) is 0 Å². The lowest BCUT2D eigenvalue weighted by molar-refractivity contribution is -0.121. The fourth-order valence-electron chi connectivity index (χ4n) is 2.80. The van der Waals surface area contributed by atoms with Crippen molar-refractivity contribution >= 4 is 23.3 Å². The van der Waals surface area contributed by atoms with Gasteiger partial charge in [0.05, 0.1) is 12.5 Å². The van der Waals surface area contributed by atoms with E-state index in [1.54, 1.807) is 0 Å². The van der Waals surface area contributed by atoms with Gasteiger partial charge in [0.15, 0.2) is 0 Å². The molecule has 0 aliphatic carbocycles. The highest BCUT2D eigenvalue weighted by Crippen LogP contribution is 2.22. The summed E-state index contributed by atoms with van der Waals surface area (Å²) in [5.74, 6) is -0.124. The lowest BCUT2D eigenvalue weighted by atomic mass is 10.1. The number of hydrogen-bond donors (Lipinski definition) is 4. The van der Waals surface area contributed by atoms with Gasteiger partial charge >= 0.3 is 6.03 Å². The Balaban J connectivity index is 1.57. The quantitative estimate of drug-likeness (QED) is 0.643. The highest BCUT2D eigenvalue weighted by molar-refractivity contribution is 7.10. The molecule has 1 aromatic heterocycles. The number of nitrogens with one attached hydrogen (secondary N) is 3. The predicted octanol–water partition coefficient (Wildman–Crippen LogP) is 1.77. The summed E-state index contributed by atoms with van der Waals surface area (Å²) in [6, 6.07) is 8.98. The van der Waals surface area contributed by atoms with Gasteiger partial charge < -0.3 is 21.7 Å². The Kier molecular flexibility index (Phi) is 5.12. The van der Waals surface area contributed by atoms with E-state index in [1.165, 1.54) is 22.5 Å². The number of rotatable bonds is 6. The van der Waals surface area contributed by atoms with Gasteiger partial charge in [0.25, 0.3) is 0 Å². The number of thiophene rings is 1. The maximum absolute atomic E-state index is 12.2. The van der Waals surface area contributed by atoms with Gasteiger partial charge in [-0.15, -0.1) is 11.3 Å². The fraction of sp³-hybridized carbons (Fsp3) is 0.294. The van der Waals surface area contributed by atoms with Crippen molar-refractivity contribution < 1.29 is 9.59 Å². The summed E-state index contributed by atoms with van der Waals surface area (Å²) in [7, 11) is 0. The molecule has 1 aromatic carbocycles. The topological polar surface area (TPSA) is 96.2 Å². The molecule has 3 amide bonds. The van der Waals surface area contributed by atoms with E-state index in [-0.39, 0.29) is 12.3 Å². The Hall–Kier alpha value is -2.38. The zero-order valence-corrected chi connectivity index (χ0v) is 14.0. The molecule has 5 N–H and O–H groups in total. The van der Waals surface area contributed by atoms with Gasteiger partial charge in [0, 0.05) is 24.5 Å². The van der Waals surface area contributed by atoms with Crippen LogP contribution in [0, 0.1) is 0 Å². The van der Waals surface area contributed by atoms with Crippen LogP contribution in [0.15, 0.2) is 35.7 Å². The van der Waals surface area contributed by atoms with E-state index in [0.717, 1.165) is 23.5 Å². The molecule has 0 saturated heterocycles. The largest absolute Gasteiger partial charge is 0.352 e. The van der Waals surface area contributed by atoms with Crippen LogP contribution >= 0.6 is 11.3 Å². The Labute approximate surface area is 144 Å². The van der Waals surface area contributed by atoms with Gasteiger partial charge in [-0.3, -0.25) is 4.79 Å². The average Bonchev–Trinajstić information content (AvgIpc) is 3.22. The molecule has 1 unspecified atom stereocenters. The van der Waals surface area contributed by atoms with E-state index in [0.29, 0.717) is 6.54 Å². The third-order valence-electron chi connectivity index (χ3n) is 3.98. The smallest absolute Gasteiger partial charge is 0.312 e. The first kappa shape index (κ1) is 16.5. The summed E-state index contributed by atoms with van der Waals surface area (Å²) in [5.41, 5.74) is 8.88. The van der Waals surface area contributed by atoms with Crippen molar-refractivity contribution in [2.45, 2.75) is 32.1 Å². The Morgan fingerprint density at radius 1 is 1.25 bits per heavy atom. The van der Waals surface area contributed by atoms with E-state index < -0.39 is 12.1 Å². The summed E-state index contributed by atoms with van der Waals surface area (Å²) >= 11 is 1.49. The first-order valence-corrected chi connectivity index (χ1v) is 8.67. The monoisotopic (exact) mass is 344 g/mol. The number of carbonyl (C=O) groups excluding carboxylic acids is 2. The lowest BCUT2D eigenvalue weighted by Gasteiger charge is -2.16. The van der Waals surface area contributed by atoms with E-state index in [9.17, 15) is 9.59 Å². The third kappa shape index (κ3) is 4.12.